The molecule has 0 radical (unpaired) electrons. The number of ether oxygens (including phenoxy) is 4. The van der Waals surface area contributed by atoms with Crippen LogP contribution in [0.4, 0.5) is 0 Å². The minimum Gasteiger partial charge on any atom is -0.493 e. The molecule has 6 nitrogen and oxygen atoms in total. The van der Waals surface area contributed by atoms with Gasteiger partial charge in [0.05, 0.1) is 20.8 Å². The van der Waals surface area contributed by atoms with Gasteiger partial charge < -0.3 is 24.3 Å². The Bertz CT molecular complexity index is 766. The highest BCUT2D eigenvalue weighted by Gasteiger charge is 2.12. The highest BCUT2D eigenvalue weighted by molar-refractivity contribution is 6.31. The van der Waals surface area contributed by atoms with E-state index in [0.29, 0.717) is 47.7 Å². The maximum atomic E-state index is 12.4. The molecule has 0 fully saturated rings. The number of hydrogen-bond acceptors (Lipinski definition) is 5. The number of benzene rings is 2. The molecule has 0 aliphatic carbocycles. The molecule has 0 saturated carbocycles. The Morgan fingerprint density at radius 2 is 1.81 bits per heavy atom. The van der Waals surface area contributed by atoms with Crippen molar-refractivity contribution in [2.75, 3.05) is 34.0 Å². The van der Waals surface area contributed by atoms with Crippen molar-refractivity contribution in [1.29, 1.82) is 0 Å². The van der Waals surface area contributed by atoms with E-state index in [9.17, 15) is 4.79 Å². The van der Waals surface area contributed by atoms with Crippen molar-refractivity contribution >= 4 is 17.5 Å². The quantitative estimate of drug-likeness (QED) is 0.623. The summed E-state index contributed by atoms with van der Waals surface area (Å²) in [5.74, 6) is 1.48. The van der Waals surface area contributed by atoms with Crippen LogP contribution in [-0.4, -0.2) is 39.9 Å². The van der Waals surface area contributed by atoms with Crippen LogP contribution in [0.2, 0.25) is 5.02 Å². The van der Waals surface area contributed by atoms with Crippen LogP contribution in [0.15, 0.2) is 36.4 Å². The molecule has 2 aromatic carbocycles. The number of nitrogens with one attached hydrogen (secondary N) is 1. The van der Waals surface area contributed by atoms with Gasteiger partial charge in [-0.3, -0.25) is 4.79 Å². The van der Waals surface area contributed by atoms with E-state index in [-0.39, 0.29) is 12.5 Å². The van der Waals surface area contributed by atoms with Crippen LogP contribution in [0.25, 0.3) is 0 Å². The monoisotopic (exact) mass is 393 g/mol. The Hall–Kier alpha value is -2.44. The summed E-state index contributed by atoms with van der Waals surface area (Å²) in [4.78, 5) is 12.4. The van der Waals surface area contributed by atoms with Gasteiger partial charge >= 0.3 is 0 Å². The normalized spacial score (nSPS) is 10.4. The summed E-state index contributed by atoms with van der Waals surface area (Å²) in [6.07, 6.45) is 0. The zero-order chi connectivity index (χ0) is 19.6. The number of amides is 1. The van der Waals surface area contributed by atoms with Crippen molar-refractivity contribution in [1.82, 2.24) is 5.32 Å². The highest BCUT2D eigenvalue weighted by Crippen LogP contribution is 2.33. The van der Waals surface area contributed by atoms with Crippen molar-refractivity contribution in [2.24, 2.45) is 0 Å². The lowest BCUT2D eigenvalue weighted by molar-refractivity contribution is 0.0949. The number of rotatable bonds is 10. The smallest absolute Gasteiger partial charge is 0.251 e. The van der Waals surface area contributed by atoms with Gasteiger partial charge in [0.1, 0.15) is 12.4 Å². The zero-order valence-electron chi connectivity index (χ0n) is 15.7. The summed E-state index contributed by atoms with van der Waals surface area (Å²) in [7, 11) is 3.09. The average Bonchev–Trinajstić information content (AvgIpc) is 2.70. The minimum atomic E-state index is -0.226. The number of carbonyl (C=O) groups is 1. The Labute approximate surface area is 164 Å². The molecule has 0 aliphatic rings. The Balaban J connectivity index is 1.99. The summed E-state index contributed by atoms with van der Waals surface area (Å²) in [5, 5.41) is 3.34. The van der Waals surface area contributed by atoms with E-state index in [0.717, 1.165) is 5.56 Å². The van der Waals surface area contributed by atoms with E-state index >= 15 is 0 Å². The molecule has 7 heteroatoms. The molecule has 2 aromatic rings. The average molecular weight is 394 g/mol. The van der Waals surface area contributed by atoms with Crippen molar-refractivity contribution in [2.45, 2.75) is 13.5 Å². The molecule has 146 valence electrons. The Morgan fingerprint density at radius 3 is 2.52 bits per heavy atom. The fourth-order valence-electron chi connectivity index (χ4n) is 2.40. The summed E-state index contributed by atoms with van der Waals surface area (Å²) >= 11 is 6.26. The number of methoxy groups -OCH3 is 2. The third-order valence-corrected chi connectivity index (χ3v) is 4.14. The van der Waals surface area contributed by atoms with Crippen molar-refractivity contribution in [3.8, 4) is 17.2 Å². The summed E-state index contributed by atoms with van der Waals surface area (Å²) in [5.41, 5.74) is 1.23. The van der Waals surface area contributed by atoms with Gasteiger partial charge in [0.2, 0.25) is 0 Å². The first kappa shape index (κ1) is 20.9. The van der Waals surface area contributed by atoms with Crippen LogP contribution in [0.5, 0.6) is 17.2 Å². The van der Waals surface area contributed by atoms with Gasteiger partial charge in [-0.05, 0) is 36.8 Å². The predicted octanol–water partition coefficient (Wildman–Crippen LogP) is 3.70. The molecule has 1 amide bonds. The molecule has 2 rings (SSSR count). The summed E-state index contributed by atoms with van der Waals surface area (Å²) < 4.78 is 21.3. The number of halogens is 1. The predicted molar refractivity (Wildman–Crippen MR) is 104 cm³/mol. The molecule has 27 heavy (non-hydrogen) atoms. The number of hydrogen-bond donors (Lipinski definition) is 1. The van der Waals surface area contributed by atoms with E-state index in [1.165, 1.54) is 0 Å². The standard InChI is InChI=1S/C20H24ClNO5/c1-4-26-8-9-27-16-7-5-6-14(10-16)20(23)22-13-15-11-18(24-2)19(25-3)12-17(15)21/h5-7,10-12H,4,8-9,13H2,1-3H3,(H,22,23). The van der Waals surface area contributed by atoms with Crippen molar-refractivity contribution < 1.29 is 23.7 Å². The summed E-state index contributed by atoms with van der Waals surface area (Å²) in [6.45, 7) is 3.76. The molecule has 0 saturated heterocycles. The van der Waals surface area contributed by atoms with E-state index in [4.69, 9.17) is 30.5 Å². The molecular weight excluding hydrogens is 370 g/mol. The molecule has 0 bridgehead atoms. The summed E-state index contributed by atoms with van der Waals surface area (Å²) in [6, 6.07) is 10.4. The Morgan fingerprint density at radius 1 is 1.07 bits per heavy atom. The van der Waals surface area contributed by atoms with E-state index in [2.05, 4.69) is 5.32 Å². The van der Waals surface area contributed by atoms with Crippen LogP contribution < -0.4 is 19.5 Å². The first-order chi connectivity index (χ1) is 13.1. The SMILES string of the molecule is CCOCCOc1cccc(C(=O)NCc2cc(OC)c(OC)cc2Cl)c1. The first-order valence-corrected chi connectivity index (χ1v) is 8.96. The second-order valence-corrected chi connectivity index (χ2v) is 5.96. The van der Waals surface area contributed by atoms with Crippen LogP contribution in [0.1, 0.15) is 22.8 Å². The van der Waals surface area contributed by atoms with Gasteiger partial charge in [-0.25, -0.2) is 0 Å². The van der Waals surface area contributed by atoms with Gasteiger partial charge in [-0.1, -0.05) is 17.7 Å². The van der Waals surface area contributed by atoms with Crippen molar-refractivity contribution in [3.05, 3.63) is 52.5 Å². The van der Waals surface area contributed by atoms with E-state index in [1.54, 1.807) is 50.6 Å². The minimum absolute atomic E-state index is 0.226. The maximum Gasteiger partial charge on any atom is 0.251 e. The Kier molecular flexibility index (Phi) is 8.23. The fourth-order valence-corrected chi connectivity index (χ4v) is 2.62. The molecule has 0 aliphatic heterocycles. The van der Waals surface area contributed by atoms with Gasteiger partial charge in [0.25, 0.3) is 5.91 Å². The lowest BCUT2D eigenvalue weighted by atomic mass is 10.1. The largest absolute Gasteiger partial charge is 0.493 e. The van der Waals surface area contributed by atoms with Gasteiger partial charge in [-0.2, -0.15) is 0 Å². The third-order valence-electron chi connectivity index (χ3n) is 3.79. The van der Waals surface area contributed by atoms with Gasteiger partial charge in [-0.15, -0.1) is 0 Å². The van der Waals surface area contributed by atoms with Crippen LogP contribution >= 0.6 is 11.6 Å². The van der Waals surface area contributed by atoms with Gasteiger partial charge in [0, 0.05) is 29.8 Å². The highest BCUT2D eigenvalue weighted by atomic mass is 35.5. The second kappa shape index (κ2) is 10.6. The molecule has 0 atom stereocenters. The molecule has 0 aromatic heterocycles. The topological polar surface area (TPSA) is 66.0 Å². The lowest BCUT2D eigenvalue weighted by Crippen LogP contribution is -2.23. The first-order valence-electron chi connectivity index (χ1n) is 8.58. The zero-order valence-corrected chi connectivity index (χ0v) is 16.5. The van der Waals surface area contributed by atoms with Crippen LogP contribution in [-0.2, 0) is 11.3 Å². The van der Waals surface area contributed by atoms with Crippen molar-refractivity contribution in [3.63, 3.8) is 0 Å². The molecule has 1 N–H and O–H groups in total. The van der Waals surface area contributed by atoms with Gasteiger partial charge in [0.15, 0.2) is 11.5 Å². The second-order valence-electron chi connectivity index (χ2n) is 5.55. The molecular formula is C20H24ClNO5. The maximum absolute atomic E-state index is 12.4. The molecule has 0 spiro atoms. The molecule has 0 unspecified atom stereocenters. The third kappa shape index (κ3) is 6.05. The lowest BCUT2D eigenvalue weighted by Gasteiger charge is -2.13. The van der Waals surface area contributed by atoms with Crippen LogP contribution in [0, 0.1) is 0 Å². The number of carbonyl (C=O) groups excluding carboxylic acids is 1. The van der Waals surface area contributed by atoms with E-state index in [1.807, 2.05) is 6.92 Å². The fraction of sp³-hybridized carbons (Fsp3) is 0.350. The van der Waals surface area contributed by atoms with E-state index < -0.39 is 0 Å². The molecule has 0 heterocycles. The van der Waals surface area contributed by atoms with Crippen LogP contribution in [0.3, 0.4) is 0 Å².